The number of carbonyl (C=O) groups excluding carboxylic acids is 1. The summed E-state index contributed by atoms with van der Waals surface area (Å²) in [6.45, 7) is 7.20. The molecule has 0 aliphatic carbocycles. The number of nitrogens with zero attached hydrogens (tertiary/aromatic N) is 3. The first kappa shape index (κ1) is 18.5. The van der Waals surface area contributed by atoms with Crippen LogP contribution in [0.4, 0.5) is 0 Å². The first-order valence-corrected chi connectivity index (χ1v) is 9.54. The second-order valence-electron chi connectivity index (χ2n) is 5.82. The molecule has 0 unspecified atom stereocenters. The molecule has 130 valence electrons. The Morgan fingerprint density at radius 3 is 2.71 bits per heavy atom. The summed E-state index contributed by atoms with van der Waals surface area (Å²) in [5, 5.41) is 7.76. The highest BCUT2D eigenvalue weighted by molar-refractivity contribution is 7.99. The number of H-pyrrole nitrogens is 1. The van der Waals surface area contributed by atoms with Gasteiger partial charge in [-0.3, -0.25) is 9.89 Å². The molecule has 2 aromatic rings. The Morgan fingerprint density at radius 2 is 2.04 bits per heavy atom. The molecule has 0 spiro atoms. The van der Waals surface area contributed by atoms with Crippen LogP contribution in [-0.4, -0.2) is 44.3 Å². The number of nitrogens with one attached hydrogen (secondary N) is 1. The normalized spacial score (nSPS) is 12.1. The minimum atomic E-state index is 0.161. The second-order valence-corrected chi connectivity index (χ2v) is 6.76. The summed E-state index contributed by atoms with van der Waals surface area (Å²) in [4.78, 5) is 19.0. The summed E-state index contributed by atoms with van der Waals surface area (Å²) < 4.78 is 0. The van der Waals surface area contributed by atoms with Crippen molar-refractivity contribution >= 4 is 17.7 Å². The lowest BCUT2D eigenvalue weighted by Crippen LogP contribution is -2.40. The van der Waals surface area contributed by atoms with Crippen LogP contribution < -0.4 is 0 Å². The van der Waals surface area contributed by atoms with Crippen LogP contribution in [0.2, 0.25) is 0 Å². The highest BCUT2D eigenvalue weighted by atomic mass is 32.2. The zero-order chi connectivity index (χ0) is 17.4. The predicted molar refractivity (Wildman–Crippen MR) is 98.9 cm³/mol. The molecule has 1 aromatic carbocycles. The molecule has 0 aliphatic heterocycles. The van der Waals surface area contributed by atoms with Gasteiger partial charge in [0, 0.05) is 18.2 Å². The number of hydrogen-bond donors (Lipinski definition) is 1. The van der Waals surface area contributed by atoms with Crippen molar-refractivity contribution in [1.29, 1.82) is 0 Å². The van der Waals surface area contributed by atoms with E-state index in [9.17, 15) is 4.79 Å². The Balaban J connectivity index is 1.94. The number of rotatable bonds is 9. The van der Waals surface area contributed by atoms with Crippen molar-refractivity contribution in [3.63, 3.8) is 0 Å². The van der Waals surface area contributed by atoms with E-state index in [2.05, 4.69) is 36.0 Å². The minimum Gasteiger partial charge on any atom is -0.339 e. The molecule has 1 atom stereocenters. The molecule has 0 bridgehead atoms. The van der Waals surface area contributed by atoms with Gasteiger partial charge in [-0.1, -0.05) is 62.4 Å². The van der Waals surface area contributed by atoms with Crippen molar-refractivity contribution < 1.29 is 4.79 Å². The Bertz CT molecular complexity index is 629. The maximum atomic E-state index is 12.5. The number of aromatic amines is 1. The van der Waals surface area contributed by atoms with Gasteiger partial charge in [-0.05, 0) is 19.8 Å². The minimum absolute atomic E-state index is 0.161. The Hall–Kier alpha value is -1.82. The molecule has 0 saturated carbocycles. The maximum Gasteiger partial charge on any atom is 0.233 e. The third-order valence-electron chi connectivity index (χ3n) is 4.03. The lowest BCUT2D eigenvalue weighted by Gasteiger charge is -2.28. The van der Waals surface area contributed by atoms with Gasteiger partial charge in [0.05, 0.1) is 5.75 Å². The van der Waals surface area contributed by atoms with E-state index in [1.54, 1.807) is 0 Å². The fraction of sp³-hybridized carbons (Fsp3) is 0.500. The molecule has 0 radical (unpaired) electrons. The summed E-state index contributed by atoms with van der Waals surface area (Å²) >= 11 is 1.39. The van der Waals surface area contributed by atoms with E-state index in [-0.39, 0.29) is 11.9 Å². The predicted octanol–water partition coefficient (Wildman–Crippen LogP) is 3.99. The zero-order valence-corrected chi connectivity index (χ0v) is 15.5. The summed E-state index contributed by atoms with van der Waals surface area (Å²) in [6, 6.07) is 10.1. The van der Waals surface area contributed by atoms with Crippen LogP contribution in [0.3, 0.4) is 0 Å². The molecule has 5 nitrogen and oxygen atoms in total. The average molecular weight is 347 g/mol. The maximum absolute atomic E-state index is 12.5. The van der Waals surface area contributed by atoms with Gasteiger partial charge in [0.25, 0.3) is 0 Å². The molecular weight excluding hydrogens is 320 g/mol. The molecule has 0 aliphatic rings. The first-order valence-electron chi connectivity index (χ1n) is 8.55. The van der Waals surface area contributed by atoms with Crippen molar-refractivity contribution in [2.45, 2.75) is 51.2 Å². The van der Waals surface area contributed by atoms with Gasteiger partial charge in [0.1, 0.15) is 0 Å². The van der Waals surface area contributed by atoms with E-state index in [1.165, 1.54) is 11.8 Å². The molecule has 2 rings (SSSR count). The number of aromatic nitrogens is 3. The molecule has 1 aromatic heterocycles. The summed E-state index contributed by atoms with van der Waals surface area (Å²) in [5.74, 6) is 1.27. The highest BCUT2D eigenvalue weighted by Crippen LogP contribution is 2.19. The van der Waals surface area contributed by atoms with Gasteiger partial charge >= 0.3 is 0 Å². The topological polar surface area (TPSA) is 61.9 Å². The lowest BCUT2D eigenvalue weighted by molar-refractivity contribution is -0.130. The van der Waals surface area contributed by atoms with Crippen molar-refractivity contribution in [3.8, 4) is 11.4 Å². The number of benzene rings is 1. The molecule has 0 fully saturated rings. The second kappa shape index (κ2) is 9.47. The number of amides is 1. The molecule has 6 heteroatoms. The average Bonchev–Trinajstić information content (AvgIpc) is 3.09. The Morgan fingerprint density at radius 1 is 1.29 bits per heavy atom. The standard InChI is InChI=1S/C18H26N4OS/c1-4-6-12-22(14(3)5-2)16(23)13-24-18-19-17(20-21-18)15-10-8-7-9-11-15/h7-11,14H,4-6,12-13H2,1-3H3,(H,19,20,21)/t14-/m0/s1. The monoisotopic (exact) mass is 346 g/mol. The largest absolute Gasteiger partial charge is 0.339 e. The van der Waals surface area contributed by atoms with E-state index in [0.29, 0.717) is 10.9 Å². The van der Waals surface area contributed by atoms with Gasteiger partial charge in [-0.25, -0.2) is 4.98 Å². The Kier molecular flexibility index (Phi) is 7.31. The molecule has 1 amide bonds. The third kappa shape index (κ3) is 5.09. The van der Waals surface area contributed by atoms with E-state index in [0.717, 1.165) is 37.2 Å². The summed E-state index contributed by atoms with van der Waals surface area (Å²) in [7, 11) is 0. The van der Waals surface area contributed by atoms with Crippen molar-refractivity contribution in [2.75, 3.05) is 12.3 Å². The first-order chi connectivity index (χ1) is 11.7. The molecular formula is C18H26N4OS. The van der Waals surface area contributed by atoms with Gasteiger partial charge < -0.3 is 4.90 Å². The van der Waals surface area contributed by atoms with E-state index >= 15 is 0 Å². The molecule has 0 saturated heterocycles. The van der Waals surface area contributed by atoms with Crippen LogP contribution in [0.25, 0.3) is 11.4 Å². The number of unbranched alkanes of at least 4 members (excludes halogenated alkanes) is 1. The zero-order valence-electron chi connectivity index (χ0n) is 14.7. The van der Waals surface area contributed by atoms with Crippen LogP contribution in [0.1, 0.15) is 40.0 Å². The molecule has 1 heterocycles. The number of thioether (sulfide) groups is 1. The van der Waals surface area contributed by atoms with Crippen LogP contribution in [0.15, 0.2) is 35.5 Å². The highest BCUT2D eigenvalue weighted by Gasteiger charge is 2.19. The van der Waals surface area contributed by atoms with E-state index in [1.807, 2.05) is 35.2 Å². The quantitative estimate of drug-likeness (QED) is 0.697. The van der Waals surface area contributed by atoms with Gasteiger partial charge in [0.2, 0.25) is 11.1 Å². The lowest BCUT2D eigenvalue weighted by atomic mass is 10.2. The van der Waals surface area contributed by atoms with E-state index < -0.39 is 0 Å². The van der Waals surface area contributed by atoms with Crippen LogP contribution in [0, 0.1) is 0 Å². The van der Waals surface area contributed by atoms with Crippen LogP contribution >= 0.6 is 11.8 Å². The van der Waals surface area contributed by atoms with Crippen molar-refractivity contribution in [2.24, 2.45) is 0 Å². The third-order valence-corrected chi connectivity index (χ3v) is 4.86. The smallest absolute Gasteiger partial charge is 0.233 e. The number of hydrogen-bond acceptors (Lipinski definition) is 4. The fourth-order valence-corrected chi connectivity index (χ4v) is 3.07. The van der Waals surface area contributed by atoms with E-state index in [4.69, 9.17) is 0 Å². The van der Waals surface area contributed by atoms with Crippen molar-refractivity contribution in [1.82, 2.24) is 20.1 Å². The van der Waals surface area contributed by atoms with Gasteiger partial charge in [-0.2, -0.15) is 0 Å². The van der Waals surface area contributed by atoms with Crippen LogP contribution in [-0.2, 0) is 4.79 Å². The molecule has 24 heavy (non-hydrogen) atoms. The Labute approximate surface area is 148 Å². The van der Waals surface area contributed by atoms with Crippen molar-refractivity contribution in [3.05, 3.63) is 30.3 Å². The number of carbonyl (C=O) groups is 1. The summed E-state index contributed by atoms with van der Waals surface area (Å²) in [6.07, 6.45) is 3.10. The fourth-order valence-electron chi connectivity index (χ4n) is 2.39. The summed E-state index contributed by atoms with van der Waals surface area (Å²) in [5.41, 5.74) is 0.993. The van der Waals surface area contributed by atoms with Gasteiger partial charge in [0.15, 0.2) is 5.82 Å². The SMILES string of the molecule is CCCCN(C(=O)CSc1n[nH]c(-c2ccccc2)n1)[C@@H](C)CC. The molecule has 1 N–H and O–H groups in total. The van der Waals surface area contributed by atoms with Gasteiger partial charge in [-0.15, -0.1) is 5.10 Å². The van der Waals surface area contributed by atoms with Crippen LogP contribution in [0.5, 0.6) is 0 Å².